The highest BCUT2D eigenvalue weighted by molar-refractivity contribution is 6.23. The molecule has 1 unspecified atom stereocenters. The molecule has 2 heterocycles. The summed E-state index contributed by atoms with van der Waals surface area (Å²) < 4.78 is 10.6. The fraction of sp³-hybridized carbons (Fsp3) is 0.207. The number of methoxy groups -OCH3 is 2. The predicted octanol–water partition coefficient (Wildman–Crippen LogP) is 5.42. The molecule has 6 nitrogen and oxygen atoms in total. The van der Waals surface area contributed by atoms with Crippen molar-refractivity contribution in [1.29, 1.82) is 0 Å². The number of ether oxygens (including phenoxy) is 2. The zero-order valence-corrected chi connectivity index (χ0v) is 19.9. The van der Waals surface area contributed by atoms with E-state index in [0.717, 1.165) is 23.4 Å². The number of ketones is 1. The standard InChI is InChI=1S/C29H26N2O4/c1-29(17-20(18-30-29)28(33)24-14-13-23(34-2)16-26(24)35-3)21-9-11-22(12-10-21)31-25-7-5-4-6-19(25)8-15-27(31)32/h4-7,9-14,16-18H,8,15H2,1-3H3. The SMILES string of the molecule is COc1ccc(C(=O)C2=CC(C)(c3ccc(N4C(=O)CCc5ccccc54)cc3)N=C2)c(OC)c1. The van der Waals surface area contributed by atoms with E-state index in [-0.39, 0.29) is 11.7 Å². The highest BCUT2D eigenvalue weighted by Gasteiger charge is 2.31. The lowest BCUT2D eigenvalue weighted by atomic mass is 9.90. The lowest BCUT2D eigenvalue weighted by Crippen LogP contribution is -2.30. The normalized spacial score (nSPS) is 18.8. The minimum Gasteiger partial charge on any atom is -0.497 e. The molecule has 1 amide bonds. The number of aliphatic imine (C=N–C) groups is 1. The molecular weight excluding hydrogens is 440 g/mol. The third-order valence-corrected chi connectivity index (χ3v) is 6.62. The third-order valence-electron chi connectivity index (χ3n) is 6.62. The summed E-state index contributed by atoms with van der Waals surface area (Å²) >= 11 is 0. The summed E-state index contributed by atoms with van der Waals surface area (Å²) in [6.45, 7) is 1.96. The quantitative estimate of drug-likeness (QED) is 0.455. The van der Waals surface area contributed by atoms with Crippen molar-refractivity contribution in [2.24, 2.45) is 4.99 Å². The summed E-state index contributed by atoms with van der Waals surface area (Å²) in [5.74, 6) is 0.993. The lowest BCUT2D eigenvalue weighted by Gasteiger charge is -2.30. The second-order valence-electron chi connectivity index (χ2n) is 8.81. The van der Waals surface area contributed by atoms with Crippen LogP contribution in [0.15, 0.2) is 83.4 Å². The molecule has 0 aliphatic carbocycles. The van der Waals surface area contributed by atoms with Gasteiger partial charge in [-0.15, -0.1) is 0 Å². The Hall–Kier alpha value is -4.19. The maximum atomic E-state index is 13.2. The summed E-state index contributed by atoms with van der Waals surface area (Å²) in [6, 6.07) is 21.0. The number of hydrogen-bond acceptors (Lipinski definition) is 5. The number of hydrogen-bond donors (Lipinski definition) is 0. The molecule has 0 saturated heterocycles. The highest BCUT2D eigenvalue weighted by Crippen LogP contribution is 2.38. The summed E-state index contributed by atoms with van der Waals surface area (Å²) in [5, 5.41) is 0. The van der Waals surface area contributed by atoms with Gasteiger partial charge in [0.25, 0.3) is 0 Å². The Labute approximate surface area is 204 Å². The molecule has 0 fully saturated rings. The molecule has 0 spiro atoms. The maximum absolute atomic E-state index is 13.2. The molecule has 3 aromatic carbocycles. The smallest absolute Gasteiger partial charge is 0.231 e. The molecule has 35 heavy (non-hydrogen) atoms. The van der Waals surface area contributed by atoms with Crippen LogP contribution in [-0.4, -0.2) is 32.1 Å². The zero-order chi connectivity index (χ0) is 24.6. The van der Waals surface area contributed by atoms with Crippen molar-refractivity contribution < 1.29 is 19.1 Å². The number of aryl methyl sites for hydroxylation is 1. The van der Waals surface area contributed by atoms with Crippen LogP contribution in [0.2, 0.25) is 0 Å². The van der Waals surface area contributed by atoms with E-state index in [1.807, 2.05) is 55.5 Å². The molecule has 0 bridgehead atoms. The van der Waals surface area contributed by atoms with Gasteiger partial charge >= 0.3 is 0 Å². The first kappa shape index (κ1) is 22.6. The van der Waals surface area contributed by atoms with Crippen molar-refractivity contribution in [2.45, 2.75) is 25.3 Å². The van der Waals surface area contributed by atoms with Crippen LogP contribution in [0.1, 0.15) is 34.8 Å². The second-order valence-corrected chi connectivity index (χ2v) is 8.81. The number of carbonyl (C=O) groups excluding carboxylic acids is 2. The Morgan fingerprint density at radius 2 is 1.74 bits per heavy atom. The Balaban J connectivity index is 1.42. The van der Waals surface area contributed by atoms with Gasteiger partial charge in [-0.05, 0) is 60.9 Å². The number of fused-ring (bicyclic) bond motifs is 1. The molecule has 6 heteroatoms. The van der Waals surface area contributed by atoms with Gasteiger partial charge in [0.05, 0.1) is 25.5 Å². The van der Waals surface area contributed by atoms with Crippen LogP contribution in [0.4, 0.5) is 11.4 Å². The van der Waals surface area contributed by atoms with E-state index >= 15 is 0 Å². The second kappa shape index (κ2) is 8.87. The molecule has 2 aliphatic rings. The number of benzene rings is 3. The number of carbonyl (C=O) groups is 2. The summed E-state index contributed by atoms with van der Waals surface area (Å²) in [7, 11) is 3.10. The van der Waals surface area contributed by atoms with E-state index in [1.54, 1.807) is 36.4 Å². The largest absolute Gasteiger partial charge is 0.497 e. The van der Waals surface area contributed by atoms with Crippen LogP contribution in [0.25, 0.3) is 0 Å². The number of anilines is 2. The molecule has 0 N–H and O–H groups in total. The van der Waals surface area contributed by atoms with Crippen LogP contribution < -0.4 is 14.4 Å². The molecule has 176 valence electrons. The fourth-order valence-corrected chi connectivity index (χ4v) is 4.66. The van der Waals surface area contributed by atoms with Crippen LogP contribution in [0, 0.1) is 0 Å². The minimum absolute atomic E-state index is 0.0859. The van der Waals surface area contributed by atoms with Gasteiger partial charge in [0, 0.05) is 30.0 Å². The van der Waals surface area contributed by atoms with E-state index in [0.29, 0.717) is 29.1 Å². The van der Waals surface area contributed by atoms with Gasteiger partial charge in [-0.25, -0.2) is 0 Å². The Morgan fingerprint density at radius 1 is 0.971 bits per heavy atom. The zero-order valence-electron chi connectivity index (χ0n) is 19.9. The number of allylic oxidation sites excluding steroid dienone is 1. The summed E-state index contributed by atoms with van der Waals surface area (Å²) in [5.41, 5.74) is 4.12. The van der Waals surface area contributed by atoms with Crippen molar-refractivity contribution in [3.63, 3.8) is 0 Å². The minimum atomic E-state index is -0.687. The average Bonchev–Trinajstić information content (AvgIpc) is 3.31. The Morgan fingerprint density at radius 3 is 2.49 bits per heavy atom. The number of Topliss-reactive ketones (excluding diaryl/α,β-unsaturated/α-hetero) is 1. The summed E-state index contributed by atoms with van der Waals surface area (Å²) in [6.07, 6.45) is 4.74. The maximum Gasteiger partial charge on any atom is 0.231 e. The van der Waals surface area contributed by atoms with Crippen molar-refractivity contribution in [2.75, 3.05) is 19.1 Å². The number of rotatable bonds is 6. The van der Waals surface area contributed by atoms with Gasteiger partial charge in [-0.1, -0.05) is 30.3 Å². The molecule has 2 aliphatic heterocycles. The van der Waals surface area contributed by atoms with Gasteiger partial charge in [0.15, 0.2) is 5.78 Å². The van der Waals surface area contributed by atoms with Crippen molar-refractivity contribution in [3.8, 4) is 11.5 Å². The monoisotopic (exact) mass is 466 g/mol. The molecule has 5 rings (SSSR count). The van der Waals surface area contributed by atoms with Gasteiger partial charge in [-0.3, -0.25) is 19.5 Å². The first-order chi connectivity index (χ1) is 16.9. The van der Waals surface area contributed by atoms with E-state index in [4.69, 9.17) is 9.47 Å². The van der Waals surface area contributed by atoms with Gasteiger partial charge in [0.1, 0.15) is 17.0 Å². The lowest BCUT2D eigenvalue weighted by molar-refractivity contribution is -0.118. The van der Waals surface area contributed by atoms with Gasteiger partial charge in [-0.2, -0.15) is 0 Å². The fourth-order valence-electron chi connectivity index (χ4n) is 4.66. The Bertz CT molecular complexity index is 1370. The van der Waals surface area contributed by atoms with Crippen LogP contribution >= 0.6 is 0 Å². The highest BCUT2D eigenvalue weighted by atomic mass is 16.5. The van der Waals surface area contributed by atoms with E-state index < -0.39 is 5.54 Å². The van der Waals surface area contributed by atoms with Gasteiger partial charge < -0.3 is 9.47 Å². The molecule has 3 aromatic rings. The molecule has 0 radical (unpaired) electrons. The molecular formula is C29H26N2O4. The van der Waals surface area contributed by atoms with E-state index in [1.165, 1.54) is 12.7 Å². The number of amides is 1. The molecule has 0 aromatic heterocycles. The van der Waals surface area contributed by atoms with E-state index in [9.17, 15) is 9.59 Å². The van der Waals surface area contributed by atoms with Gasteiger partial charge in [0.2, 0.25) is 5.91 Å². The molecule has 0 saturated carbocycles. The van der Waals surface area contributed by atoms with Crippen LogP contribution in [0.5, 0.6) is 11.5 Å². The van der Waals surface area contributed by atoms with E-state index in [2.05, 4.69) is 11.1 Å². The van der Waals surface area contributed by atoms with Crippen LogP contribution in [-0.2, 0) is 16.8 Å². The van der Waals surface area contributed by atoms with Crippen molar-refractivity contribution in [3.05, 3.63) is 95.1 Å². The first-order valence-electron chi connectivity index (χ1n) is 11.5. The van der Waals surface area contributed by atoms with Crippen molar-refractivity contribution in [1.82, 2.24) is 0 Å². The molecule has 1 atom stereocenters. The third kappa shape index (κ3) is 4.01. The topological polar surface area (TPSA) is 68.2 Å². The summed E-state index contributed by atoms with van der Waals surface area (Å²) in [4.78, 5) is 32.4. The first-order valence-corrected chi connectivity index (χ1v) is 11.5. The average molecular weight is 467 g/mol. The van der Waals surface area contributed by atoms with Crippen LogP contribution in [0.3, 0.4) is 0 Å². The predicted molar refractivity (Wildman–Crippen MR) is 136 cm³/mol. The number of para-hydroxylation sites is 1. The number of nitrogens with zero attached hydrogens (tertiary/aromatic N) is 2. The Kier molecular flexibility index (Phi) is 5.73. The van der Waals surface area contributed by atoms with Crippen molar-refractivity contribution >= 4 is 29.3 Å².